The highest BCUT2D eigenvalue weighted by molar-refractivity contribution is 5.76. The number of hydrogen-bond acceptors (Lipinski definition) is 5. The van der Waals surface area contributed by atoms with E-state index < -0.39 is 22.4 Å². The molecule has 0 spiro atoms. The lowest BCUT2D eigenvalue weighted by Gasteiger charge is -2.33. The Balaban J connectivity index is 1.73. The van der Waals surface area contributed by atoms with Gasteiger partial charge in [-0.3, -0.25) is 14.9 Å². The van der Waals surface area contributed by atoms with E-state index >= 15 is 0 Å². The molecule has 0 aromatic heterocycles. The number of carbonyl (C=O) groups is 1. The molecule has 1 aromatic carbocycles. The average molecular weight is 416 g/mol. The summed E-state index contributed by atoms with van der Waals surface area (Å²) < 4.78 is 38.1. The Morgan fingerprint density at radius 2 is 2.07 bits per heavy atom. The Morgan fingerprint density at radius 1 is 1.31 bits per heavy atom. The molecule has 1 fully saturated rings. The molecule has 162 valence electrons. The van der Waals surface area contributed by atoms with Crippen LogP contribution in [0.1, 0.15) is 44.6 Å². The maximum atomic E-state index is 12.7. The van der Waals surface area contributed by atoms with Crippen molar-refractivity contribution >= 4 is 17.3 Å². The molecule has 2 N–H and O–H groups in total. The summed E-state index contributed by atoms with van der Waals surface area (Å²) in [5.41, 5.74) is -1.80. The summed E-state index contributed by atoms with van der Waals surface area (Å²) in [4.78, 5) is 24.5. The number of benzene rings is 1. The first kappa shape index (κ1) is 22.9. The minimum absolute atomic E-state index is 0.0464. The van der Waals surface area contributed by atoms with Crippen molar-refractivity contribution in [2.24, 2.45) is 0 Å². The van der Waals surface area contributed by atoms with Crippen LogP contribution in [0.25, 0.3) is 0 Å². The topological polar surface area (TPSA) is 87.5 Å². The van der Waals surface area contributed by atoms with E-state index in [1.165, 1.54) is 19.3 Å². The summed E-state index contributed by atoms with van der Waals surface area (Å²) in [6.07, 6.45) is -0.0770. The van der Waals surface area contributed by atoms with Crippen molar-refractivity contribution in [2.75, 3.05) is 31.5 Å². The summed E-state index contributed by atoms with van der Waals surface area (Å²) in [7, 11) is 0. The lowest BCUT2D eigenvalue weighted by Crippen LogP contribution is -2.39. The summed E-state index contributed by atoms with van der Waals surface area (Å²) in [5.74, 6) is -0.209. The molecule has 0 saturated carbocycles. The summed E-state index contributed by atoms with van der Waals surface area (Å²) >= 11 is 0. The first-order valence-electron chi connectivity index (χ1n) is 9.78. The highest BCUT2D eigenvalue weighted by atomic mass is 19.4. The van der Waals surface area contributed by atoms with Crippen LogP contribution in [0, 0.1) is 10.1 Å². The molecule has 0 bridgehead atoms. The van der Waals surface area contributed by atoms with Gasteiger partial charge in [-0.25, -0.2) is 0 Å². The van der Waals surface area contributed by atoms with Crippen molar-refractivity contribution in [3.05, 3.63) is 33.9 Å². The van der Waals surface area contributed by atoms with E-state index in [0.717, 1.165) is 31.6 Å². The third kappa shape index (κ3) is 7.19. The van der Waals surface area contributed by atoms with Gasteiger partial charge in [0.1, 0.15) is 5.69 Å². The molecule has 2 rings (SSSR count). The van der Waals surface area contributed by atoms with Crippen LogP contribution in [0.2, 0.25) is 0 Å². The maximum Gasteiger partial charge on any atom is 0.416 e. The monoisotopic (exact) mass is 416 g/mol. The number of carbonyl (C=O) groups excluding carboxylic acids is 1. The van der Waals surface area contributed by atoms with Crippen molar-refractivity contribution < 1.29 is 22.9 Å². The highest BCUT2D eigenvalue weighted by Crippen LogP contribution is 2.34. The quantitative estimate of drug-likeness (QED) is 0.363. The van der Waals surface area contributed by atoms with Crippen LogP contribution in [0.4, 0.5) is 24.5 Å². The fraction of sp³-hybridized carbons (Fsp3) is 0.632. The average Bonchev–Trinajstić information content (AvgIpc) is 2.65. The number of rotatable bonds is 9. The van der Waals surface area contributed by atoms with Gasteiger partial charge in [-0.05, 0) is 44.9 Å². The van der Waals surface area contributed by atoms with Crippen molar-refractivity contribution in [1.82, 2.24) is 10.2 Å². The number of amides is 1. The Bertz CT molecular complexity index is 712. The van der Waals surface area contributed by atoms with Crippen LogP contribution in [0.3, 0.4) is 0 Å². The van der Waals surface area contributed by atoms with E-state index in [1.54, 1.807) is 0 Å². The van der Waals surface area contributed by atoms with Gasteiger partial charge in [0.15, 0.2) is 0 Å². The van der Waals surface area contributed by atoms with Gasteiger partial charge in [-0.15, -0.1) is 0 Å². The number of alkyl halides is 3. The molecule has 1 heterocycles. The Kier molecular flexibility index (Phi) is 8.24. The zero-order valence-electron chi connectivity index (χ0n) is 16.4. The van der Waals surface area contributed by atoms with E-state index in [9.17, 15) is 28.1 Å². The lowest BCUT2D eigenvalue weighted by atomic mass is 10.0. The first-order valence-corrected chi connectivity index (χ1v) is 9.78. The van der Waals surface area contributed by atoms with Gasteiger partial charge < -0.3 is 15.5 Å². The van der Waals surface area contributed by atoms with Gasteiger partial charge in [0.05, 0.1) is 10.5 Å². The van der Waals surface area contributed by atoms with E-state index in [-0.39, 0.29) is 24.6 Å². The lowest BCUT2D eigenvalue weighted by molar-refractivity contribution is -0.384. The largest absolute Gasteiger partial charge is 0.416 e. The van der Waals surface area contributed by atoms with Crippen LogP contribution in [-0.2, 0) is 11.0 Å². The molecule has 1 saturated heterocycles. The fourth-order valence-electron chi connectivity index (χ4n) is 3.41. The normalized spacial score (nSPS) is 17.7. The predicted molar refractivity (Wildman–Crippen MR) is 104 cm³/mol. The number of nitro groups is 1. The molecule has 0 aliphatic carbocycles. The molecule has 1 amide bonds. The third-order valence-electron chi connectivity index (χ3n) is 5.07. The number of nitrogens with zero attached hydrogens (tertiary/aromatic N) is 2. The van der Waals surface area contributed by atoms with Gasteiger partial charge >= 0.3 is 6.18 Å². The van der Waals surface area contributed by atoms with Gasteiger partial charge in [-0.1, -0.05) is 6.42 Å². The third-order valence-corrected chi connectivity index (χ3v) is 5.07. The molecule has 1 aliphatic heterocycles. The Hall–Kier alpha value is -2.36. The smallest absolute Gasteiger partial charge is 0.379 e. The summed E-state index contributed by atoms with van der Waals surface area (Å²) in [6, 6.07) is 2.85. The number of nitro benzene ring substituents is 1. The zero-order valence-corrected chi connectivity index (χ0v) is 16.4. The van der Waals surface area contributed by atoms with Crippen LogP contribution < -0.4 is 10.6 Å². The first-order chi connectivity index (χ1) is 13.7. The molecule has 1 aromatic rings. The van der Waals surface area contributed by atoms with Crippen LogP contribution >= 0.6 is 0 Å². The predicted octanol–water partition coefficient (Wildman–Crippen LogP) is 3.80. The minimum Gasteiger partial charge on any atom is -0.379 e. The van der Waals surface area contributed by atoms with Crippen molar-refractivity contribution in [1.29, 1.82) is 0 Å². The highest BCUT2D eigenvalue weighted by Gasteiger charge is 2.33. The van der Waals surface area contributed by atoms with E-state index in [0.29, 0.717) is 18.7 Å². The van der Waals surface area contributed by atoms with Gasteiger partial charge in [0.2, 0.25) is 5.91 Å². The summed E-state index contributed by atoms with van der Waals surface area (Å²) in [5, 5.41) is 16.5. The number of nitrogens with one attached hydrogen (secondary N) is 2. The van der Waals surface area contributed by atoms with Gasteiger partial charge in [0.25, 0.3) is 5.69 Å². The van der Waals surface area contributed by atoms with Crippen LogP contribution in [-0.4, -0.2) is 48.0 Å². The molecule has 0 unspecified atom stereocenters. The van der Waals surface area contributed by atoms with Crippen molar-refractivity contribution in [2.45, 2.75) is 51.2 Å². The van der Waals surface area contributed by atoms with E-state index in [4.69, 9.17) is 0 Å². The SMILES string of the molecule is C[C@H]1CCCCN1CCCNC(=O)CCNc1ccc(C(F)(F)F)cc1[N+](=O)[O-]. The minimum atomic E-state index is -4.66. The fourth-order valence-corrected chi connectivity index (χ4v) is 3.41. The standard InChI is InChI=1S/C19H27F3N4O3/c1-14-5-2-3-11-25(14)12-4-9-24-18(27)8-10-23-16-7-6-15(19(20,21)22)13-17(16)26(28)29/h6-7,13-14,23H,2-5,8-12H2,1H3,(H,24,27)/t14-/m0/s1. The number of piperidine rings is 1. The number of halogens is 3. The number of hydrogen-bond donors (Lipinski definition) is 2. The molecular formula is C19H27F3N4O3. The molecular weight excluding hydrogens is 389 g/mol. The van der Waals surface area contributed by atoms with E-state index in [2.05, 4.69) is 22.5 Å². The second-order valence-electron chi connectivity index (χ2n) is 7.25. The molecule has 7 nitrogen and oxygen atoms in total. The maximum absolute atomic E-state index is 12.7. The van der Waals surface area contributed by atoms with Crippen molar-refractivity contribution in [3.8, 4) is 0 Å². The van der Waals surface area contributed by atoms with Crippen LogP contribution in [0.5, 0.6) is 0 Å². The van der Waals surface area contributed by atoms with Gasteiger partial charge in [-0.2, -0.15) is 13.2 Å². The molecule has 1 aliphatic rings. The molecule has 29 heavy (non-hydrogen) atoms. The van der Waals surface area contributed by atoms with Crippen LogP contribution in [0.15, 0.2) is 18.2 Å². The summed E-state index contributed by atoms with van der Waals surface area (Å²) in [6.45, 7) is 4.86. The Labute approximate surface area is 167 Å². The zero-order chi connectivity index (χ0) is 21.4. The number of anilines is 1. The second kappa shape index (κ2) is 10.4. The number of likely N-dealkylation sites (tertiary alicyclic amines) is 1. The van der Waals surface area contributed by atoms with Gasteiger partial charge in [0, 0.05) is 38.2 Å². The Morgan fingerprint density at radius 3 is 2.72 bits per heavy atom. The molecule has 1 atom stereocenters. The molecule has 0 radical (unpaired) electrons. The van der Waals surface area contributed by atoms with Crippen molar-refractivity contribution in [3.63, 3.8) is 0 Å². The second-order valence-corrected chi connectivity index (χ2v) is 7.25. The van der Waals surface area contributed by atoms with E-state index in [1.807, 2.05) is 0 Å². The molecule has 10 heteroatoms.